The quantitative estimate of drug-likeness (QED) is 0.782. The van der Waals surface area contributed by atoms with E-state index in [0.29, 0.717) is 28.0 Å². The molecule has 0 radical (unpaired) electrons. The first kappa shape index (κ1) is 13.2. The van der Waals surface area contributed by atoms with Crippen molar-refractivity contribution >= 4 is 16.6 Å². The number of hydrogen-bond acceptors (Lipinski definition) is 4. The van der Waals surface area contributed by atoms with E-state index in [0.717, 1.165) is 5.56 Å². The Hall–Kier alpha value is -2.82. The van der Waals surface area contributed by atoms with Crippen LogP contribution in [0.5, 0.6) is 5.75 Å². The maximum atomic E-state index is 12.6. The van der Waals surface area contributed by atoms with Crippen molar-refractivity contribution in [3.8, 4) is 11.4 Å². The van der Waals surface area contributed by atoms with Crippen LogP contribution < -0.4 is 16.0 Å². The summed E-state index contributed by atoms with van der Waals surface area (Å²) in [5, 5.41) is 5.31. The molecule has 5 nitrogen and oxygen atoms in total. The van der Waals surface area contributed by atoms with Crippen LogP contribution in [0, 0.1) is 6.92 Å². The van der Waals surface area contributed by atoms with Gasteiger partial charge in [0.1, 0.15) is 5.75 Å². The van der Waals surface area contributed by atoms with Crippen molar-refractivity contribution in [3.63, 3.8) is 0 Å². The van der Waals surface area contributed by atoms with Crippen LogP contribution in [0.4, 0.5) is 5.82 Å². The second kappa shape index (κ2) is 4.94. The average Bonchev–Trinajstić information content (AvgIpc) is 2.51. The Balaban J connectivity index is 2.31. The average molecular weight is 281 g/mol. The summed E-state index contributed by atoms with van der Waals surface area (Å²) < 4.78 is 6.49. The molecule has 0 bridgehead atoms. The van der Waals surface area contributed by atoms with Crippen molar-refractivity contribution in [2.75, 3.05) is 12.8 Å². The molecule has 21 heavy (non-hydrogen) atoms. The highest BCUT2D eigenvalue weighted by Crippen LogP contribution is 2.21. The zero-order valence-electron chi connectivity index (χ0n) is 11.8. The smallest absolute Gasteiger partial charge is 0.279 e. The molecule has 0 aliphatic rings. The third kappa shape index (κ3) is 2.23. The van der Waals surface area contributed by atoms with Gasteiger partial charge in [-0.05, 0) is 37.3 Å². The van der Waals surface area contributed by atoms with E-state index in [9.17, 15) is 4.79 Å². The van der Waals surface area contributed by atoms with Gasteiger partial charge in [-0.2, -0.15) is 4.68 Å². The van der Waals surface area contributed by atoms with Crippen LogP contribution in [-0.4, -0.2) is 16.9 Å². The second-order valence-electron chi connectivity index (χ2n) is 4.85. The highest BCUT2D eigenvalue weighted by atomic mass is 16.5. The van der Waals surface area contributed by atoms with Crippen molar-refractivity contribution in [3.05, 3.63) is 58.4 Å². The van der Waals surface area contributed by atoms with Gasteiger partial charge >= 0.3 is 0 Å². The minimum Gasteiger partial charge on any atom is -0.497 e. The van der Waals surface area contributed by atoms with E-state index in [1.54, 1.807) is 25.3 Å². The number of aryl methyl sites for hydroxylation is 1. The number of hydrogen-bond donors (Lipinski definition) is 1. The molecule has 0 fully saturated rings. The van der Waals surface area contributed by atoms with Crippen LogP contribution in [0.1, 0.15) is 5.56 Å². The van der Waals surface area contributed by atoms with E-state index < -0.39 is 0 Å². The molecule has 2 aromatic carbocycles. The molecular formula is C16H15N3O2. The van der Waals surface area contributed by atoms with E-state index in [2.05, 4.69) is 5.10 Å². The maximum Gasteiger partial charge on any atom is 0.279 e. The van der Waals surface area contributed by atoms with Gasteiger partial charge in [-0.3, -0.25) is 4.79 Å². The second-order valence-corrected chi connectivity index (χ2v) is 4.85. The standard InChI is InChI=1S/C16H15N3O2/c1-10-3-5-11(6-4-10)19-16(20)14-9-12(21-2)7-8-13(14)15(17)18-19/h3-9H,1-2H3,(H2,17,18). The molecule has 0 saturated carbocycles. The van der Waals surface area contributed by atoms with Crippen LogP contribution in [0.15, 0.2) is 47.3 Å². The molecular weight excluding hydrogens is 266 g/mol. The third-order valence-electron chi connectivity index (χ3n) is 3.41. The van der Waals surface area contributed by atoms with E-state index >= 15 is 0 Å². The SMILES string of the molecule is COc1ccc2c(N)nn(-c3ccc(C)cc3)c(=O)c2c1. The van der Waals surface area contributed by atoms with Crippen LogP contribution in [0.25, 0.3) is 16.5 Å². The first-order valence-electron chi connectivity index (χ1n) is 6.54. The molecule has 0 aliphatic carbocycles. The molecule has 2 N–H and O–H groups in total. The minimum absolute atomic E-state index is 0.220. The molecule has 3 aromatic rings. The number of nitrogens with two attached hydrogens (primary N) is 1. The van der Waals surface area contributed by atoms with E-state index in [1.165, 1.54) is 4.68 Å². The first-order valence-corrected chi connectivity index (χ1v) is 6.54. The van der Waals surface area contributed by atoms with Gasteiger partial charge in [0.15, 0.2) is 5.82 Å². The van der Waals surface area contributed by atoms with Crippen LogP contribution in [0.3, 0.4) is 0 Å². The van der Waals surface area contributed by atoms with Crippen molar-refractivity contribution in [2.24, 2.45) is 0 Å². The van der Waals surface area contributed by atoms with Crippen LogP contribution in [-0.2, 0) is 0 Å². The van der Waals surface area contributed by atoms with E-state index in [1.807, 2.05) is 31.2 Å². The highest BCUT2D eigenvalue weighted by molar-refractivity contribution is 5.91. The monoisotopic (exact) mass is 281 g/mol. The Kier molecular flexibility index (Phi) is 3.10. The van der Waals surface area contributed by atoms with Crippen molar-refractivity contribution in [1.82, 2.24) is 9.78 Å². The molecule has 0 atom stereocenters. The number of anilines is 1. The fourth-order valence-electron chi connectivity index (χ4n) is 2.23. The van der Waals surface area contributed by atoms with Gasteiger partial charge in [0.2, 0.25) is 0 Å². The molecule has 0 spiro atoms. The number of nitrogen functional groups attached to an aromatic ring is 1. The Morgan fingerprint density at radius 1 is 1.10 bits per heavy atom. The lowest BCUT2D eigenvalue weighted by Gasteiger charge is -2.09. The summed E-state index contributed by atoms with van der Waals surface area (Å²) in [6.45, 7) is 1.99. The van der Waals surface area contributed by atoms with Gasteiger partial charge in [-0.25, -0.2) is 0 Å². The summed E-state index contributed by atoms with van der Waals surface area (Å²) in [6.07, 6.45) is 0. The lowest BCUT2D eigenvalue weighted by Crippen LogP contribution is -2.22. The molecule has 106 valence electrons. The molecule has 3 rings (SSSR count). The summed E-state index contributed by atoms with van der Waals surface area (Å²) in [5.74, 6) is 0.925. The number of aromatic nitrogens is 2. The zero-order valence-corrected chi connectivity index (χ0v) is 11.8. The number of benzene rings is 2. The fourth-order valence-corrected chi connectivity index (χ4v) is 2.23. The molecule has 0 amide bonds. The zero-order chi connectivity index (χ0) is 15.0. The summed E-state index contributed by atoms with van der Waals surface area (Å²) in [7, 11) is 1.56. The number of nitrogens with zero attached hydrogens (tertiary/aromatic N) is 2. The lowest BCUT2D eigenvalue weighted by atomic mass is 10.1. The first-order chi connectivity index (χ1) is 10.1. The highest BCUT2D eigenvalue weighted by Gasteiger charge is 2.10. The van der Waals surface area contributed by atoms with Gasteiger partial charge in [0, 0.05) is 5.39 Å². The number of rotatable bonds is 2. The summed E-state index contributed by atoms with van der Waals surface area (Å²) in [5.41, 5.74) is 7.55. The van der Waals surface area contributed by atoms with Gasteiger partial charge in [-0.1, -0.05) is 17.7 Å². The fraction of sp³-hybridized carbons (Fsp3) is 0.125. The van der Waals surface area contributed by atoms with Crippen LogP contribution in [0.2, 0.25) is 0 Å². The van der Waals surface area contributed by atoms with Gasteiger partial charge < -0.3 is 10.5 Å². The van der Waals surface area contributed by atoms with E-state index in [4.69, 9.17) is 10.5 Å². The Morgan fingerprint density at radius 3 is 2.48 bits per heavy atom. The minimum atomic E-state index is -0.220. The molecule has 5 heteroatoms. The molecule has 1 aromatic heterocycles. The van der Waals surface area contributed by atoms with E-state index in [-0.39, 0.29) is 5.56 Å². The Morgan fingerprint density at radius 2 is 1.81 bits per heavy atom. The number of methoxy groups -OCH3 is 1. The van der Waals surface area contributed by atoms with Crippen molar-refractivity contribution in [2.45, 2.75) is 6.92 Å². The Bertz CT molecular complexity index is 867. The molecule has 0 saturated heterocycles. The van der Waals surface area contributed by atoms with Crippen LogP contribution >= 0.6 is 0 Å². The van der Waals surface area contributed by atoms with Gasteiger partial charge in [-0.15, -0.1) is 5.10 Å². The summed E-state index contributed by atoms with van der Waals surface area (Å²) in [4.78, 5) is 12.6. The Labute approximate surface area is 121 Å². The lowest BCUT2D eigenvalue weighted by molar-refractivity contribution is 0.415. The maximum absolute atomic E-state index is 12.6. The van der Waals surface area contributed by atoms with Gasteiger partial charge in [0.05, 0.1) is 18.2 Å². The number of ether oxygens (including phenoxy) is 1. The predicted octanol–water partition coefficient (Wildman–Crippen LogP) is 2.28. The normalized spacial score (nSPS) is 10.8. The van der Waals surface area contributed by atoms with Crippen molar-refractivity contribution in [1.29, 1.82) is 0 Å². The molecule has 0 unspecified atom stereocenters. The number of fused-ring (bicyclic) bond motifs is 1. The molecule has 0 aliphatic heterocycles. The summed E-state index contributed by atoms with van der Waals surface area (Å²) in [6, 6.07) is 12.7. The van der Waals surface area contributed by atoms with Gasteiger partial charge in [0.25, 0.3) is 5.56 Å². The summed E-state index contributed by atoms with van der Waals surface area (Å²) >= 11 is 0. The largest absolute Gasteiger partial charge is 0.497 e. The molecule has 1 heterocycles. The predicted molar refractivity (Wildman–Crippen MR) is 83.0 cm³/mol. The van der Waals surface area contributed by atoms with Crippen molar-refractivity contribution < 1.29 is 4.74 Å². The topological polar surface area (TPSA) is 70.1 Å². The third-order valence-corrected chi connectivity index (χ3v) is 3.41.